The van der Waals surface area contributed by atoms with Crippen molar-refractivity contribution in [2.24, 2.45) is 11.7 Å². The van der Waals surface area contributed by atoms with Crippen molar-refractivity contribution < 1.29 is 4.79 Å². The van der Waals surface area contributed by atoms with E-state index in [2.05, 4.69) is 6.92 Å². The van der Waals surface area contributed by atoms with Gasteiger partial charge in [-0.15, -0.1) is 0 Å². The number of unbranched alkanes of at least 4 members (excludes halogenated alkanes) is 2. The molecule has 13 heavy (non-hydrogen) atoms. The van der Waals surface area contributed by atoms with E-state index >= 15 is 0 Å². The number of likely N-dealkylation sites (tertiary alicyclic amines) is 1. The van der Waals surface area contributed by atoms with Gasteiger partial charge in [0.1, 0.15) is 0 Å². The Morgan fingerprint density at radius 3 is 2.77 bits per heavy atom. The number of nitrogens with two attached hydrogens (primary N) is 1. The van der Waals surface area contributed by atoms with Gasteiger partial charge in [-0.05, 0) is 25.3 Å². The summed E-state index contributed by atoms with van der Waals surface area (Å²) >= 11 is 0. The summed E-state index contributed by atoms with van der Waals surface area (Å²) in [5.41, 5.74) is 5.39. The molecule has 76 valence electrons. The highest BCUT2D eigenvalue weighted by Crippen LogP contribution is 2.17. The fourth-order valence-corrected chi connectivity index (χ4v) is 1.81. The molecule has 1 amide bonds. The minimum absolute atomic E-state index is 0.334. The highest BCUT2D eigenvalue weighted by molar-refractivity contribution is 5.78. The fraction of sp³-hybridized carbons (Fsp3) is 0.900. The summed E-state index contributed by atoms with van der Waals surface area (Å²) in [6.45, 7) is 4.80. The molecule has 0 aromatic carbocycles. The lowest BCUT2D eigenvalue weighted by molar-refractivity contribution is -0.127. The first-order valence-corrected chi connectivity index (χ1v) is 5.22. The number of rotatable bonds is 5. The lowest BCUT2D eigenvalue weighted by Crippen LogP contribution is -2.26. The van der Waals surface area contributed by atoms with Gasteiger partial charge in [0.25, 0.3) is 0 Å². The third-order valence-electron chi connectivity index (χ3n) is 2.54. The van der Waals surface area contributed by atoms with Gasteiger partial charge >= 0.3 is 0 Å². The van der Waals surface area contributed by atoms with E-state index in [0.717, 1.165) is 45.3 Å². The number of hydrogen-bond donors (Lipinski definition) is 1. The summed E-state index contributed by atoms with van der Waals surface area (Å²) in [6, 6.07) is 0. The Morgan fingerprint density at radius 1 is 1.46 bits per heavy atom. The fourth-order valence-electron chi connectivity index (χ4n) is 1.81. The molecule has 0 bridgehead atoms. The van der Waals surface area contributed by atoms with Crippen LogP contribution in [0, 0.1) is 5.92 Å². The van der Waals surface area contributed by atoms with Crippen molar-refractivity contribution in [3.63, 3.8) is 0 Å². The Morgan fingerprint density at radius 2 is 2.23 bits per heavy atom. The summed E-state index contributed by atoms with van der Waals surface area (Å²) in [5.74, 6) is 0.891. The van der Waals surface area contributed by atoms with Crippen LogP contribution in [0.25, 0.3) is 0 Å². The number of carbonyl (C=O) groups excluding carboxylic acids is 1. The summed E-state index contributed by atoms with van der Waals surface area (Å²) < 4.78 is 0. The summed E-state index contributed by atoms with van der Waals surface area (Å²) in [4.78, 5) is 13.3. The normalized spacial score (nSPS) is 22.8. The van der Waals surface area contributed by atoms with Gasteiger partial charge < -0.3 is 10.6 Å². The number of nitrogens with zero attached hydrogens (tertiary/aromatic N) is 1. The maximum absolute atomic E-state index is 11.3. The van der Waals surface area contributed by atoms with Crippen LogP contribution in [0.5, 0.6) is 0 Å². The standard InChI is InChI=1S/C10H20N2O/c1-9-7-10(13)12(8-9)6-4-2-3-5-11/h9H,2-8,11H2,1H3. The highest BCUT2D eigenvalue weighted by atomic mass is 16.2. The monoisotopic (exact) mass is 184 g/mol. The van der Waals surface area contributed by atoms with Gasteiger partial charge in [0, 0.05) is 19.5 Å². The maximum atomic E-state index is 11.3. The minimum atomic E-state index is 0.334. The summed E-state index contributed by atoms with van der Waals surface area (Å²) in [7, 11) is 0. The van der Waals surface area contributed by atoms with Crippen LogP contribution in [0.2, 0.25) is 0 Å². The average molecular weight is 184 g/mol. The van der Waals surface area contributed by atoms with E-state index in [1.54, 1.807) is 0 Å². The molecule has 0 spiro atoms. The van der Waals surface area contributed by atoms with Crippen LogP contribution in [-0.2, 0) is 4.79 Å². The first-order valence-electron chi connectivity index (χ1n) is 5.22. The lowest BCUT2D eigenvalue weighted by Gasteiger charge is -2.15. The highest BCUT2D eigenvalue weighted by Gasteiger charge is 2.25. The Balaban J connectivity index is 2.11. The van der Waals surface area contributed by atoms with Crippen LogP contribution < -0.4 is 5.73 Å². The molecule has 0 aromatic heterocycles. The van der Waals surface area contributed by atoms with Crippen LogP contribution >= 0.6 is 0 Å². The molecule has 1 aliphatic heterocycles. The third-order valence-corrected chi connectivity index (χ3v) is 2.54. The van der Waals surface area contributed by atoms with Crippen molar-refractivity contribution in [1.29, 1.82) is 0 Å². The van der Waals surface area contributed by atoms with Gasteiger partial charge in [-0.1, -0.05) is 13.3 Å². The molecule has 0 saturated carbocycles. The Kier molecular flexibility index (Phi) is 4.22. The largest absolute Gasteiger partial charge is 0.342 e. The maximum Gasteiger partial charge on any atom is 0.222 e. The third kappa shape index (κ3) is 3.35. The van der Waals surface area contributed by atoms with Gasteiger partial charge in [-0.2, -0.15) is 0 Å². The average Bonchev–Trinajstić information content (AvgIpc) is 2.39. The second-order valence-electron chi connectivity index (χ2n) is 4.00. The van der Waals surface area contributed by atoms with Gasteiger partial charge in [0.15, 0.2) is 0 Å². The van der Waals surface area contributed by atoms with Crippen molar-refractivity contribution in [2.45, 2.75) is 32.6 Å². The first-order chi connectivity index (χ1) is 6.24. The van der Waals surface area contributed by atoms with Crippen molar-refractivity contribution in [1.82, 2.24) is 4.90 Å². The molecule has 1 aliphatic rings. The molecule has 0 aromatic rings. The van der Waals surface area contributed by atoms with E-state index in [-0.39, 0.29) is 0 Å². The van der Waals surface area contributed by atoms with E-state index in [0.29, 0.717) is 11.8 Å². The van der Waals surface area contributed by atoms with Gasteiger partial charge in [0.2, 0.25) is 5.91 Å². The quantitative estimate of drug-likeness (QED) is 0.647. The van der Waals surface area contributed by atoms with Crippen molar-refractivity contribution in [3.05, 3.63) is 0 Å². The van der Waals surface area contributed by atoms with E-state index in [1.165, 1.54) is 0 Å². The predicted octanol–water partition coefficient (Wildman–Crippen LogP) is 0.984. The zero-order valence-electron chi connectivity index (χ0n) is 8.46. The lowest BCUT2D eigenvalue weighted by atomic mass is 10.2. The minimum Gasteiger partial charge on any atom is -0.342 e. The SMILES string of the molecule is CC1CC(=O)N(CCCCCN)C1. The van der Waals surface area contributed by atoms with Crippen LogP contribution in [0.4, 0.5) is 0 Å². The molecule has 1 fully saturated rings. The van der Waals surface area contributed by atoms with E-state index < -0.39 is 0 Å². The van der Waals surface area contributed by atoms with Crippen molar-refractivity contribution in [2.75, 3.05) is 19.6 Å². The Bertz CT molecular complexity index is 170. The predicted molar refractivity (Wildman–Crippen MR) is 53.3 cm³/mol. The Labute approximate surface area is 80.3 Å². The van der Waals surface area contributed by atoms with Gasteiger partial charge in [0.05, 0.1) is 0 Å². The summed E-state index contributed by atoms with van der Waals surface area (Å²) in [6.07, 6.45) is 4.08. The van der Waals surface area contributed by atoms with Crippen LogP contribution in [0.15, 0.2) is 0 Å². The second kappa shape index (κ2) is 5.22. The molecule has 1 unspecified atom stereocenters. The van der Waals surface area contributed by atoms with Gasteiger partial charge in [-0.25, -0.2) is 0 Å². The zero-order chi connectivity index (χ0) is 9.68. The van der Waals surface area contributed by atoms with E-state index in [4.69, 9.17) is 5.73 Å². The molecule has 3 nitrogen and oxygen atoms in total. The molecular weight excluding hydrogens is 164 g/mol. The molecule has 0 radical (unpaired) electrons. The smallest absolute Gasteiger partial charge is 0.222 e. The topological polar surface area (TPSA) is 46.3 Å². The molecular formula is C10H20N2O. The molecule has 1 heterocycles. The van der Waals surface area contributed by atoms with E-state index in [9.17, 15) is 4.79 Å². The van der Waals surface area contributed by atoms with Crippen LogP contribution in [0.1, 0.15) is 32.6 Å². The number of hydrogen-bond acceptors (Lipinski definition) is 2. The zero-order valence-corrected chi connectivity index (χ0v) is 8.46. The molecule has 1 saturated heterocycles. The molecule has 2 N–H and O–H groups in total. The second-order valence-corrected chi connectivity index (χ2v) is 4.00. The van der Waals surface area contributed by atoms with Gasteiger partial charge in [-0.3, -0.25) is 4.79 Å². The van der Waals surface area contributed by atoms with Crippen LogP contribution in [-0.4, -0.2) is 30.4 Å². The summed E-state index contributed by atoms with van der Waals surface area (Å²) in [5, 5.41) is 0. The van der Waals surface area contributed by atoms with Crippen molar-refractivity contribution in [3.8, 4) is 0 Å². The number of amides is 1. The molecule has 0 aliphatic carbocycles. The molecule has 1 atom stereocenters. The first kappa shape index (κ1) is 10.5. The van der Waals surface area contributed by atoms with Crippen LogP contribution in [0.3, 0.4) is 0 Å². The van der Waals surface area contributed by atoms with E-state index in [1.807, 2.05) is 4.90 Å². The number of carbonyl (C=O) groups is 1. The molecule has 1 rings (SSSR count). The Hall–Kier alpha value is -0.570. The van der Waals surface area contributed by atoms with Crippen molar-refractivity contribution >= 4 is 5.91 Å². The molecule has 3 heteroatoms.